The first-order chi connectivity index (χ1) is 11.7. The van der Waals surface area contributed by atoms with E-state index in [0.29, 0.717) is 11.3 Å². The van der Waals surface area contributed by atoms with Crippen LogP contribution in [-0.4, -0.2) is 39.4 Å². The Morgan fingerprint density at radius 3 is 2.08 bits per heavy atom. The molecule has 0 spiro atoms. The van der Waals surface area contributed by atoms with E-state index in [-0.39, 0.29) is 22.0 Å². The first-order valence-corrected chi connectivity index (χ1v) is 8.63. The van der Waals surface area contributed by atoms with Gasteiger partial charge in [-0.3, -0.25) is 9.10 Å². The highest BCUT2D eigenvalue weighted by molar-refractivity contribution is 7.92. The zero-order valence-corrected chi connectivity index (χ0v) is 14.7. The molecule has 0 aliphatic heterocycles. The van der Waals surface area contributed by atoms with E-state index in [1.165, 1.54) is 57.5 Å². The number of rotatable bonds is 6. The number of carboxylic acid groups (broad SMARTS) is 1. The second-order valence-corrected chi connectivity index (χ2v) is 7.18. The van der Waals surface area contributed by atoms with Crippen LogP contribution < -0.4 is 9.04 Å². The number of nitrogens with zero attached hydrogens (tertiary/aromatic N) is 1. The summed E-state index contributed by atoms with van der Waals surface area (Å²) in [7, 11) is -1.42. The van der Waals surface area contributed by atoms with Crippen molar-refractivity contribution in [1.29, 1.82) is 0 Å². The summed E-state index contributed by atoms with van der Waals surface area (Å²) in [5.41, 5.74) is 0.618. The third-order valence-corrected chi connectivity index (χ3v) is 5.49. The minimum Gasteiger partial charge on any atom is -0.495 e. The molecule has 7 nitrogen and oxygen atoms in total. The van der Waals surface area contributed by atoms with Gasteiger partial charge in [0.05, 0.1) is 18.4 Å². The van der Waals surface area contributed by atoms with E-state index in [0.717, 1.165) is 10.4 Å². The number of aromatic carboxylic acids is 1. The molecular formula is C17H17NO6S. The van der Waals surface area contributed by atoms with Crippen LogP contribution in [0.5, 0.6) is 5.75 Å². The predicted octanol–water partition coefficient (Wildman–Crippen LogP) is 2.42. The predicted molar refractivity (Wildman–Crippen MR) is 92.0 cm³/mol. The fourth-order valence-corrected chi connectivity index (χ4v) is 3.58. The van der Waals surface area contributed by atoms with Crippen LogP contribution in [0.15, 0.2) is 47.4 Å². The standard InChI is InChI=1S/C17H17NO6S/c1-11(19)12-4-7-14(8-5-12)18(2)25(22,23)16-10-13(17(20)21)6-9-15(16)24-3/h4-10H,1-3H3,(H,20,21). The van der Waals surface area contributed by atoms with Crippen molar-refractivity contribution in [1.82, 2.24) is 0 Å². The number of methoxy groups -OCH3 is 1. The molecule has 0 saturated heterocycles. The van der Waals surface area contributed by atoms with Crippen molar-refractivity contribution in [2.75, 3.05) is 18.5 Å². The van der Waals surface area contributed by atoms with Gasteiger partial charge in [-0.15, -0.1) is 0 Å². The topological polar surface area (TPSA) is 101 Å². The molecule has 25 heavy (non-hydrogen) atoms. The molecule has 2 rings (SSSR count). The number of hydrogen-bond acceptors (Lipinski definition) is 5. The van der Waals surface area contributed by atoms with Gasteiger partial charge in [-0.05, 0) is 49.4 Å². The first-order valence-electron chi connectivity index (χ1n) is 7.19. The van der Waals surface area contributed by atoms with E-state index in [1.807, 2.05) is 0 Å². The second-order valence-electron chi connectivity index (χ2n) is 5.25. The van der Waals surface area contributed by atoms with Crippen LogP contribution in [0.4, 0.5) is 5.69 Å². The molecule has 0 saturated carbocycles. The average Bonchev–Trinajstić information content (AvgIpc) is 2.60. The van der Waals surface area contributed by atoms with E-state index < -0.39 is 16.0 Å². The Morgan fingerprint density at radius 2 is 1.60 bits per heavy atom. The van der Waals surface area contributed by atoms with E-state index in [2.05, 4.69) is 0 Å². The van der Waals surface area contributed by atoms with Gasteiger partial charge in [0.2, 0.25) is 0 Å². The Hall–Kier alpha value is -2.87. The highest BCUT2D eigenvalue weighted by Crippen LogP contribution is 2.30. The molecule has 0 fully saturated rings. The molecule has 0 aromatic heterocycles. The number of ketones is 1. The molecule has 0 atom stereocenters. The summed E-state index contributed by atoms with van der Waals surface area (Å²) in [6.07, 6.45) is 0. The van der Waals surface area contributed by atoms with Crippen LogP contribution in [0.1, 0.15) is 27.6 Å². The molecule has 0 bridgehead atoms. The number of sulfonamides is 1. The third-order valence-electron chi connectivity index (χ3n) is 3.69. The quantitative estimate of drug-likeness (QED) is 0.791. The number of carboxylic acids is 1. The Morgan fingerprint density at radius 1 is 1.04 bits per heavy atom. The number of carbonyl (C=O) groups is 2. The van der Waals surface area contributed by atoms with Crippen LogP contribution in [0.3, 0.4) is 0 Å². The van der Waals surface area contributed by atoms with Crippen LogP contribution in [0.2, 0.25) is 0 Å². The molecule has 0 amide bonds. The minimum absolute atomic E-state index is 0.0391. The monoisotopic (exact) mass is 363 g/mol. The lowest BCUT2D eigenvalue weighted by atomic mass is 10.1. The number of benzene rings is 2. The molecule has 0 unspecified atom stereocenters. The Bertz CT molecular complexity index is 919. The highest BCUT2D eigenvalue weighted by atomic mass is 32.2. The SMILES string of the molecule is COc1ccc(C(=O)O)cc1S(=O)(=O)N(C)c1ccc(C(C)=O)cc1. The normalized spacial score (nSPS) is 11.0. The first kappa shape index (κ1) is 18.5. The molecule has 1 N–H and O–H groups in total. The van der Waals surface area contributed by atoms with Crippen molar-refractivity contribution in [3.63, 3.8) is 0 Å². The van der Waals surface area contributed by atoms with Crippen LogP contribution in [0, 0.1) is 0 Å². The lowest BCUT2D eigenvalue weighted by Gasteiger charge is -2.21. The van der Waals surface area contributed by atoms with Gasteiger partial charge in [0, 0.05) is 12.6 Å². The van der Waals surface area contributed by atoms with Gasteiger partial charge in [-0.1, -0.05) is 0 Å². The van der Waals surface area contributed by atoms with Crippen molar-refractivity contribution in [3.8, 4) is 5.75 Å². The minimum atomic E-state index is -4.06. The Kier molecular flexibility index (Phi) is 5.13. The fourth-order valence-electron chi connectivity index (χ4n) is 2.20. The third kappa shape index (κ3) is 3.63. The molecule has 0 heterocycles. The lowest BCUT2D eigenvalue weighted by Crippen LogP contribution is -2.27. The molecule has 132 valence electrons. The average molecular weight is 363 g/mol. The number of carbonyl (C=O) groups excluding carboxylic acids is 1. The molecule has 2 aromatic carbocycles. The second kappa shape index (κ2) is 6.94. The van der Waals surface area contributed by atoms with Gasteiger partial charge < -0.3 is 9.84 Å². The number of Topliss-reactive ketones (excluding diaryl/α,β-unsaturated/α-hetero) is 1. The molecule has 8 heteroatoms. The maximum absolute atomic E-state index is 12.9. The summed E-state index contributed by atoms with van der Waals surface area (Å²) in [6.45, 7) is 1.41. The van der Waals surface area contributed by atoms with Gasteiger partial charge in [-0.2, -0.15) is 0 Å². The summed E-state index contributed by atoms with van der Waals surface area (Å²) in [5, 5.41) is 9.10. The Labute approximate surface area is 145 Å². The molecule has 0 radical (unpaired) electrons. The van der Waals surface area contributed by atoms with Crippen LogP contribution in [-0.2, 0) is 10.0 Å². The van der Waals surface area contributed by atoms with Gasteiger partial charge in [0.1, 0.15) is 10.6 Å². The number of ether oxygens (including phenoxy) is 1. The summed E-state index contributed by atoms with van der Waals surface area (Å²) in [4.78, 5) is 22.2. The van der Waals surface area contributed by atoms with Crippen molar-refractivity contribution >= 4 is 27.5 Å². The molecule has 0 aliphatic rings. The molecule has 0 aliphatic carbocycles. The van der Waals surface area contributed by atoms with Crippen molar-refractivity contribution < 1.29 is 27.9 Å². The maximum atomic E-state index is 12.9. The zero-order valence-electron chi connectivity index (χ0n) is 13.9. The van der Waals surface area contributed by atoms with Crippen LogP contribution in [0.25, 0.3) is 0 Å². The summed E-state index contributed by atoms with van der Waals surface area (Å²) in [5.74, 6) is -1.34. The zero-order chi connectivity index (χ0) is 18.8. The Balaban J connectivity index is 2.51. The maximum Gasteiger partial charge on any atom is 0.335 e. The van der Waals surface area contributed by atoms with Crippen molar-refractivity contribution in [3.05, 3.63) is 53.6 Å². The summed E-state index contributed by atoms with van der Waals surface area (Å²) < 4.78 is 31.8. The number of hydrogen-bond donors (Lipinski definition) is 1. The van der Waals surface area contributed by atoms with E-state index >= 15 is 0 Å². The fraction of sp³-hybridized carbons (Fsp3) is 0.176. The van der Waals surface area contributed by atoms with Gasteiger partial charge >= 0.3 is 5.97 Å². The highest BCUT2D eigenvalue weighted by Gasteiger charge is 2.26. The van der Waals surface area contributed by atoms with E-state index in [1.54, 1.807) is 0 Å². The van der Waals surface area contributed by atoms with Gasteiger partial charge in [0.15, 0.2) is 5.78 Å². The van der Waals surface area contributed by atoms with E-state index in [9.17, 15) is 18.0 Å². The largest absolute Gasteiger partial charge is 0.495 e. The number of anilines is 1. The van der Waals surface area contributed by atoms with Crippen molar-refractivity contribution in [2.45, 2.75) is 11.8 Å². The molecule has 2 aromatic rings. The summed E-state index contributed by atoms with van der Waals surface area (Å²) in [6, 6.07) is 9.66. The smallest absolute Gasteiger partial charge is 0.335 e. The van der Waals surface area contributed by atoms with Crippen molar-refractivity contribution in [2.24, 2.45) is 0 Å². The van der Waals surface area contributed by atoms with E-state index in [4.69, 9.17) is 9.84 Å². The summed E-state index contributed by atoms with van der Waals surface area (Å²) >= 11 is 0. The molecular weight excluding hydrogens is 346 g/mol. The van der Waals surface area contributed by atoms with Gasteiger partial charge in [-0.25, -0.2) is 13.2 Å². The lowest BCUT2D eigenvalue weighted by molar-refractivity contribution is 0.0696. The van der Waals surface area contributed by atoms with Crippen LogP contribution >= 0.6 is 0 Å². The van der Waals surface area contributed by atoms with Gasteiger partial charge in [0.25, 0.3) is 10.0 Å².